The van der Waals surface area contributed by atoms with E-state index in [1.54, 1.807) is 0 Å². The molecule has 0 unspecified atom stereocenters. The van der Waals surface area contributed by atoms with Gasteiger partial charge >= 0.3 is 8.56 Å². The van der Waals surface area contributed by atoms with Crippen LogP contribution in [0.5, 0.6) is 0 Å². The van der Waals surface area contributed by atoms with E-state index in [1.807, 2.05) is 27.7 Å². The van der Waals surface area contributed by atoms with Gasteiger partial charge in [0.1, 0.15) is 0 Å². The van der Waals surface area contributed by atoms with Crippen LogP contribution in [0.25, 0.3) is 0 Å². The monoisotopic (exact) mass is 220 g/mol. The van der Waals surface area contributed by atoms with Crippen LogP contribution in [0.3, 0.4) is 0 Å². The molecular weight excluding hydrogens is 196 g/mol. The molecule has 0 aliphatic heterocycles. The van der Waals surface area contributed by atoms with Gasteiger partial charge in [0.15, 0.2) is 0 Å². The molecule has 0 rings (SSSR count). The van der Waals surface area contributed by atoms with E-state index < -0.39 is 8.56 Å². The highest BCUT2D eigenvalue weighted by molar-refractivity contribution is 6.66. The Hall–Kier alpha value is 0.0969. The zero-order valence-electron chi connectivity index (χ0n) is 10.0. The minimum atomic E-state index is -2.06. The van der Waals surface area contributed by atoms with E-state index in [2.05, 4.69) is 6.55 Å². The van der Waals surface area contributed by atoms with Crippen LogP contribution >= 0.6 is 0 Å². The van der Waals surface area contributed by atoms with E-state index in [1.165, 1.54) is 0 Å². The molecule has 0 aromatic carbocycles. The third kappa shape index (κ3) is 6.54. The normalized spacial score (nSPS) is 12.9. The van der Waals surface area contributed by atoms with E-state index in [0.717, 1.165) is 12.5 Å². The van der Waals surface area contributed by atoms with Crippen molar-refractivity contribution in [1.29, 1.82) is 0 Å². The van der Waals surface area contributed by atoms with Crippen LogP contribution in [0.1, 0.15) is 34.1 Å². The molecule has 0 aromatic heterocycles. The van der Waals surface area contributed by atoms with E-state index in [4.69, 9.17) is 14.0 Å². The second-order valence-corrected chi connectivity index (χ2v) is 7.53. The molecule has 4 heteroatoms. The van der Waals surface area contributed by atoms with Crippen molar-refractivity contribution in [2.45, 2.75) is 58.9 Å². The van der Waals surface area contributed by atoms with Gasteiger partial charge in [0.05, 0.1) is 0 Å². The molecule has 0 aliphatic carbocycles. The highest BCUT2D eigenvalue weighted by Crippen LogP contribution is 2.19. The summed E-state index contributed by atoms with van der Waals surface area (Å²) < 4.78 is 11.7. The molecule has 0 aromatic rings. The van der Waals surface area contributed by atoms with E-state index in [-0.39, 0.29) is 18.8 Å². The first-order chi connectivity index (χ1) is 6.39. The van der Waals surface area contributed by atoms with Crippen molar-refractivity contribution in [3.8, 4) is 0 Å². The SMILES string of the molecule is CC(C)O[Si](C)(CCCO)OC(C)C. The molecule has 0 saturated heterocycles. The fraction of sp³-hybridized carbons (Fsp3) is 1.00. The molecule has 0 fully saturated rings. The summed E-state index contributed by atoms with van der Waals surface area (Å²) in [5.41, 5.74) is 0. The van der Waals surface area contributed by atoms with Gasteiger partial charge in [0.2, 0.25) is 0 Å². The maximum Gasteiger partial charge on any atom is 0.335 e. The molecule has 0 atom stereocenters. The third-order valence-corrected chi connectivity index (χ3v) is 4.96. The van der Waals surface area contributed by atoms with Crippen molar-refractivity contribution in [1.82, 2.24) is 0 Å². The molecule has 86 valence electrons. The van der Waals surface area contributed by atoms with E-state index in [9.17, 15) is 0 Å². The summed E-state index contributed by atoms with van der Waals surface area (Å²) in [6.07, 6.45) is 1.16. The van der Waals surface area contributed by atoms with Crippen molar-refractivity contribution >= 4 is 8.56 Å². The van der Waals surface area contributed by atoms with E-state index in [0.29, 0.717) is 0 Å². The highest BCUT2D eigenvalue weighted by atomic mass is 28.4. The second kappa shape index (κ2) is 6.56. The van der Waals surface area contributed by atoms with Crippen LogP contribution in [0.15, 0.2) is 0 Å². The lowest BCUT2D eigenvalue weighted by Crippen LogP contribution is -2.43. The van der Waals surface area contributed by atoms with Crippen molar-refractivity contribution in [3.63, 3.8) is 0 Å². The van der Waals surface area contributed by atoms with Gasteiger partial charge in [-0.15, -0.1) is 0 Å². The van der Waals surface area contributed by atoms with Crippen molar-refractivity contribution < 1.29 is 14.0 Å². The topological polar surface area (TPSA) is 38.7 Å². The maximum absolute atomic E-state index is 8.81. The van der Waals surface area contributed by atoms with Crippen LogP contribution in [0, 0.1) is 0 Å². The summed E-state index contributed by atoms with van der Waals surface area (Å²) in [6.45, 7) is 10.4. The molecule has 0 amide bonds. The Morgan fingerprint density at radius 1 is 1.07 bits per heavy atom. The minimum Gasteiger partial charge on any atom is -0.396 e. The summed E-state index contributed by atoms with van der Waals surface area (Å²) in [5, 5.41) is 8.81. The van der Waals surface area contributed by atoms with Crippen molar-refractivity contribution in [2.75, 3.05) is 6.61 Å². The van der Waals surface area contributed by atoms with Gasteiger partial charge in [-0.3, -0.25) is 0 Å². The van der Waals surface area contributed by atoms with Crippen LogP contribution in [-0.2, 0) is 8.85 Å². The third-order valence-electron chi connectivity index (χ3n) is 1.76. The first kappa shape index (κ1) is 14.1. The molecule has 0 radical (unpaired) electrons. The van der Waals surface area contributed by atoms with Crippen LogP contribution in [0.4, 0.5) is 0 Å². The Morgan fingerprint density at radius 2 is 1.50 bits per heavy atom. The Morgan fingerprint density at radius 3 is 1.79 bits per heavy atom. The predicted molar refractivity (Wildman–Crippen MR) is 60.6 cm³/mol. The largest absolute Gasteiger partial charge is 0.396 e. The Kier molecular flexibility index (Phi) is 6.60. The van der Waals surface area contributed by atoms with Gasteiger partial charge in [0, 0.05) is 18.8 Å². The van der Waals surface area contributed by atoms with Crippen molar-refractivity contribution in [2.24, 2.45) is 0 Å². The number of aliphatic hydroxyl groups is 1. The quantitative estimate of drug-likeness (QED) is 0.669. The van der Waals surface area contributed by atoms with Gasteiger partial charge < -0.3 is 14.0 Å². The van der Waals surface area contributed by atoms with Crippen LogP contribution in [0.2, 0.25) is 12.6 Å². The lowest BCUT2D eigenvalue weighted by atomic mass is 10.5. The Labute approximate surface area is 88.7 Å². The zero-order valence-corrected chi connectivity index (χ0v) is 11.0. The van der Waals surface area contributed by atoms with Gasteiger partial charge in [0.25, 0.3) is 0 Å². The van der Waals surface area contributed by atoms with Crippen molar-refractivity contribution in [3.05, 3.63) is 0 Å². The summed E-state index contributed by atoms with van der Waals surface area (Å²) in [4.78, 5) is 0. The first-order valence-electron chi connectivity index (χ1n) is 5.36. The van der Waals surface area contributed by atoms with Crippen LogP contribution in [-0.4, -0.2) is 32.5 Å². The number of rotatable bonds is 7. The second-order valence-electron chi connectivity index (χ2n) is 4.29. The Bertz CT molecular complexity index is 138. The molecule has 1 N–H and O–H groups in total. The fourth-order valence-electron chi connectivity index (χ4n) is 1.54. The molecule has 0 saturated carbocycles. The smallest absolute Gasteiger partial charge is 0.335 e. The molecule has 0 aliphatic rings. The summed E-state index contributed by atoms with van der Waals surface area (Å²) in [7, 11) is -2.06. The number of aliphatic hydroxyl groups excluding tert-OH is 1. The molecule has 0 heterocycles. The molecule has 3 nitrogen and oxygen atoms in total. The van der Waals surface area contributed by atoms with Gasteiger partial charge in [-0.2, -0.15) is 0 Å². The van der Waals surface area contributed by atoms with E-state index >= 15 is 0 Å². The molecule has 0 spiro atoms. The standard InChI is InChI=1S/C10H24O3Si/c1-9(2)12-14(5,8-6-7-11)13-10(3)4/h9-11H,6-8H2,1-5H3. The molecular formula is C10H24O3Si. The maximum atomic E-state index is 8.81. The summed E-state index contributed by atoms with van der Waals surface area (Å²) >= 11 is 0. The average Bonchev–Trinajstić information content (AvgIpc) is 1.97. The predicted octanol–water partition coefficient (Wildman–Crippen LogP) is 2.29. The molecule has 14 heavy (non-hydrogen) atoms. The lowest BCUT2D eigenvalue weighted by Gasteiger charge is -2.30. The fourth-order valence-corrected chi connectivity index (χ4v) is 4.63. The zero-order chi connectivity index (χ0) is 11.2. The highest BCUT2D eigenvalue weighted by Gasteiger charge is 2.33. The van der Waals surface area contributed by atoms with Gasteiger partial charge in [-0.25, -0.2) is 0 Å². The minimum absolute atomic E-state index is 0.198. The number of hydrogen-bond donors (Lipinski definition) is 1. The number of hydrogen-bond acceptors (Lipinski definition) is 3. The average molecular weight is 220 g/mol. The first-order valence-corrected chi connectivity index (χ1v) is 7.88. The van der Waals surface area contributed by atoms with Crippen LogP contribution < -0.4 is 0 Å². The lowest BCUT2D eigenvalue weighted by molar-refractivity contribution is 0.107. The summed E-state index contributed by atoms with van der Waals surface area (Å²) in [5.74, 6) is 0. The van der Waals surface area contributed by atoms with Gasteiger partial charge in [-0.1, -0.05) is 0 Å². The summed E-state index contributed by atoms with van der Waals surface area (Å²) in [6, 6.07) is 0.861. The Balaban J connectivity index is 4.17. The molecule has 0 bridgehead atoms. The van der Waals surface area contributed by atoms with Gasteiger partial charge in [-0.05, 0) is 46.7 Å².